The van der Waals surface area contributed by atoms with Crippen molar-refractivity contribution in [2.24, 2.45) is 0 Å². The minimum atomic E-state index is -4.43. The number of hydrogen-bond donors (Lipinski definition) is 2. The van der Waals surface area contributed by atoms with Gasteiger partial charge in [0.05, 0.1) is 23.1 Å². The molecule has 0 fully saturated rings. The fraction of sp³-hybridized carbons (Fsp3) is 0.118. The second-order valence-corrected chi connectivity index (χ2v) is 5.35. The first kappa shape index (κ1) is 16.7. The number of alkyl halides is 3. The van der Waals surface area contributed by atoms with Crippen molar-refractivity contribution < 1.29 is 18.0 Å². The molecule has 3 aromatic rings. The molecule has 0 aliphatic carbocycles. The lowest BCUT2D eigenvalue weighted by molar-refractivity contribution is -0.137. The lowest BCUT2D eigenvalue weighted by atomic mass is 10.1. The number of anilines is 1. The maximum atomic E-state index is 12.5. The van der Waals surface area contributed by atoms with Crippen LogP contribution in [0.15, 0.2) is 53.3 Å². The first-order chi connectivity index (χ1) is 11.8. The van der Waals surface area contributed by atoms with Crippen molar-refractivity contribution in [3.8, 4) is 0 Å². The van der Waals surface area contributed by atoms with E-state index in [1.54, 1.807) is 24.3 Å². The molecule has 0 saturated heterocycles. The highest BCUT2D eigenvalue weighted by Crippen LogP contribution is 2.29. The predicted octanol–water partition coefficient (Wildman–Crippen LogP) is 3.12. The first-order valence-electron chi connectivity index (χ1n) is 7.28. The van der Waals surface area contributed by atoms with E-state index in [4.69, 9.17) is 0 Å². The molecule has 128 valence electrons. The molecular weight excluding hydrogens is 335 g/mol. The Morgan fingerprint density at radius 2 is 1.68 bits per heavy atom. The maximum Gasteiger partial charge on any atom is 0.416 e. The van der Waals surface area contributed by atoms with Gasteiger partial charge in [0.15, 0.2) is 0 Å². The number of rotatable bonds is 3. The summed E-state index contributed by atoms with van der Waals surface area (Å²) < 4.78 is 37.6. The summed E-state index contributed by atoms with van der Waals surface area (Å²) in [6.45, 7) is 0. The van der Waals surface area contributed by atoms with Crippen LogP contribution in [-0.2, 0) is 17.4 Å². The van der Waals surface area contributed by atoms with E-state index in [1.165, 1.54) is 12.1 Å². The Labute approximate surface area is 139 Å². The Kier molecular flexibility index (Phi) is 4.26. The summed E-state index contributed by atoms with van der Waals surface area (Å²) in [6, 6.07) is 10.9. The number of hydrogen-bond acceptors (Lipinski definition) is 3. The van der Waals surface area contributed by atoms with Gasteiger partial charge in [-0.15, -0.1) is 0 Å². The highest BCUT2D eigenvalue weighted by molar-refractivity contribution is 5.95. The summed E-state index contributed by atoms with van der Waals surface area (Å²) >= 11 is 0. The van der Waals surface area contributed by atoms with Gasteiger partial charge < -0.3 is 5.32 Å². The van der Waals surface area contributed by atoms with Crippen LogP contribution in [0.5, 0.6) is 0 Å². The van der Waals surface area contributed by atoms with Gasteiger partial charge in [0, 0.05) is 11.1 Å². The number of aromatic nitrogens is 2. The van der Waals surface area contributed by atoms with Crippen LogP contribution in [0.3, 0.4) is 0 Å². The zero-order valence-electron chi connectivity index (χ0n) is 12.7. The van der Waals surface area contributed by atoms with Crippen LogP contribution in [0.1, 0.15) is 11.3 Å². The molecule has 1 amide bonds. The molecule has 0 aliphatic heterocycles. The van der Waals surface area contributed by atoms with Crippen molar-refractivity contribution in [3.63, 3.8) is 0 Å². The molecule has 2 aromatic carbocycles. The van der Waals surface area contributed by atoms with Gasteiger partial charge in [-0.2, -0.15) is 18.3 Å². The smallest absolute Gasteiger partial charge is 0.326 e. The number of halogens is 3. The normalized spacial score (nSPS) is 11.5. The number of nitrogens with zero attached hydrogens (tertiary/aromatic N) is 1. The Morgan fingerprint density at radius 1 is 1.04 bits per heavy atom. The Bertz CT molecular complexity index is 979. The van der Waals surface area contributed by atoms with E-state index in [-0.39, 0.29) is 17.7 Å². The molecule has 0 spiro atoms. The van der Waals surface area contributed by atoms with Gasteiger partial charge >= 0.3 is 6.18 Å². The SMILES string of the molecule is O=C(Cc1n[nH]c(=O)c2ccccc12)Nc1ccc(C(F)(F)F)cc1. The van der Waals surface area contributed by atoms with Gasteiger partial charge in [-0.1, -0.05) is 18.2 Å². The number of nitrogens with one attached hydrogen (secondary N) is 2. The van der Waals surface area contributed by atoms with Crippen molar-refractivity contribution in [1.82, 2.24) is 10.2 Å². The molecule has 0 aliphatic rings. The Hall–Kier alpha value is -3.16. The molecule has 0 bridgehead atoms. The van der Waals surface area contributed by atoms with E-state index in [0.29, 0.717) is 16.5 Å². The molecule has 1 aromatic heterocycles. The molecular formula is C17H12F3N3O2. The van der Waals surface area contributed by atoms with Crippen LogP contribution in [0.2, 0.25) is 0 Å². The van der Waals surface area contributed by atoms with Crippen molar-refractivity contribution in [2.75, 3.05) is 5.32 Å². The number of fused-ring (bicyclic) bond motifs is 1. The van der Waals surface area contributed by atoms with Crippen LogP contribution < -0.4 is 10.9 Å². The zero-order chi connectivity index (χ0) is 18.0. The highest BCUT2D eigenvalue weighted by atomic mass is 19.4. The van der Waals surface area contributed by atoms with E-state index in [1.807, 2.05) is 0 Å². The molecule has 1 heterocycles. The van der Waals surface area contributed by atoms with Crippen molar-refractivity contribution in [3.05, 3.63) is 70.1 Å². The van der Waals surface area contributed by atoms with Gasteiger partial charge in [-0.25, -0.2) is 5.10 Å². The fourth-order valence-electron chi connectivity index (χ4n) is 2.41. The van der Waals surface area contributed by atoms with Crippen LogP contribution in [0.4, 0.5) is 18.9 Å². The van der Waals surface area contributed by atoms with Crippen LogP contribution in [0, 0.1) is 0 Å². The largest absolute Gasteiger partial charge is 0.416 e. The first-order valence-corrected chi connectivity index (χ1v) is 7.28. The maximum absolute atomic E-state index is 12.5. The minimum absolute atomic E-state index is 0.127. The van der Waals surface area contributed by atoms with Gasteiger partial charge in [-0.05, 0) is 30.3 Å². The summed E-state index contributed by atoms with van der Waals surface area (Å²) in [5.74, 6) is -0.454. The van der Waals surface area contributed by atoms with Crippen molar-refractivity contribution in [1.29, 1.82) is 0 Å². The zero-order valence-corrected chi connectivity index (χ0v) is 12.7. The standard InChI is InChI=1S/C17H12F3N3O2/c18-17(19,20)10-5-7-11(8-6-10)21-15(24)9-14-12-3-1-2-4-13(12)16(25)23-22-14/h1-8H,9H2,(H,21,24)(H,23,25). The Balaban J connectivity index is 1.77. The van der Waals surface area contributed by atoms with E-state index in [9.17, 15) is 22.8 Å². The highest BCUT2D eigenvalue weighted by Gasteiger charge is 2.30. The van der Waals surface area contributed by atoms with E-state index < -0.39 is 17.6 Å². The summed E-state index contributed by atoms with van der Waals surface area (Å²) in [7, 11) is 0. The summed E-state index contributed by atoms with van der Waals surface area (Å²) in [5, 5.41) is 9.68. The minimum Gasteiger partial charge on any atom is -0.326 e. The molecule has 8 heteroatoms. The molecule has 25 heavy (non-hydrogen) atoms. The Morgan fingerprint density at radius 3 is 2.32 bits per heavy atom. The topological polar surface area (TPSA) is 74.8 Å². The molecule has 0 radical (unpaired) electrons. The molecule has 0 atom stereocenters. The average Bonchev–Trinajstić information content (AvgIpc) is 2.57. The van der Waals surface area contributed by atoms with Crippen LogP contribution >= 0.6 is 0 Å². The lowest BCUT2D eigenvalue weighted by Crippen LogP contribution is -2.18. The van der Waals surface area contributed by atoms with Crippen molar-refractivity contribution in [2.45, 2.75) is 12.6 Å². The van der Waals surface area contributed by atoms with E-state index in [2.05, 4.69) is 15.5 Å². The molecule has 0 saturated carbocycles. The predicted molar refractivity (Wildman–Crippen MR) is 86.1 cm³/mol. The van der Waals surface area contributed by atoms with Crippen molar-refractivity contribution >= 4 is 22.4 Å². The number of aromatic amines is 1. The fourth-order valence-corrected chi connectivity index (χ4v) is 2.41. The van der Waals surface area contributed by atoms with E-state index in [0.717, 1.165) is 12.1 Å². The summed E-state index contributed by atoms with van der Waals surface area (Å²) in [6.07, 6.45) is -4.56. The number of carbonyl (C=O) groups excluding carboxylic acids is 1. The van der Waals surface area contributed by atoms with Gasteiger partial charge in [0.2, 0.25) is 5.91 Å². The third-order valence-electron chi connectivity index (χ3n) is 3.60. The van der Waals surface area contributed by atoms with Gasteiger partial charge in [0.25, 0.3) is 5.56 Å². The van der Waals surface area contributed by atoms with E-state index >= 15 is 0 Å². The number of amides is 1. The molecule has 3 rings (SSSR count). The van der Waals surface area contributed by atoms with Gasteiger partial charge in [-0.3, -0.25) is 9.59 Å². The number of carbonyl (C=O) groups is 1. The number of H-pyrrole nitrogens is 1. The monoisotopic (exact) mass is 347 g/mol. The second kappa shape index (κ2) is 6.39. The molecule has 5 nitrogen and oxygen atoms in total. The molecule has 2 N–H and O–H groups in total. The average molecular weight is 347 g/mol. The third-order valence-corrected chi connectivity index (χ3v) is 3.60. The third kappa shape index (κ3) is 3.68. The summed E-state index contributed by atoms with van der Waals surface area (Å²) in [5.41, 5.74) is -0.535. The number of benzene rings is 2. The lowest BCUT2D eigenvalue weighted by Gasteiger charge is -2.09. The second-order valence-electron chi connectivity index (χ2n) is 5.35. The molecule has 0 unspecified atom stereocenters. The van der Waals surface area contributed by atoms with Gasteiger partial charge in [0.1, 0.15) is 0 Å². The van der Waals surface area contributed by atoms with Crippen LogP contribution in [0.25, 0.3) is 10.8 Å². The quantitative estimate of drug-likeness (QED) is 0.764. The van der Waals surface area contributed by atoms with Crippen LogP contribution in [-0.4, -0.2) is 16.1 Å². The summed E-state index contributed by atoms with van der Waals surface area (Å²) in [4.78, 5) is 23.8.